The molecule has 180 valence electrons. The molecule has 9 nitrogen and oxygen atoms in total. The number of carbonyl (C=O) groups is 3. The topological polar surface area (TPSA) is 123 Å². The highest BCUT2D eigenvalue weighted by Gasteiger charge is 2.29. The molecule has 0 radical (unpaired) electrons. The zero-order valence-electron chi connectivity index (χ0n) is 19.2. The maximum Gasteiger partial charge on any atom is 0.407 e. The third kappa shape index (κ3) is 4.93. The summed E-state index contributed by atoms with van der Waals surface area (Å²) < 4.78 is 6.86. The van der Waals surface area contributed by atoms with Crippen LogP contribution in [0.5, 0.6) is 0 Å². The Morgan fingerprint density at radius 2 is 1.77 bits per heavy atom. The van der Waals surface area contributed by atoms with E-state index < -0.39 is 24.0 Å². The lowest BCUT2D eigenvalue weighted by molar-refractivity contribution is -0.139. The van der Waals surface area contributed by atoms with Crippen LogP contribution in [0.2, 0.25) is 0 Å². The summed E-state index contributed by atoms with van der Waals surface area (Å²) in [6, 6.07) is 15.0. The molecule has 0 spiro atoms. The second kappa shape index (κ2) is 10.3. The number of amides is 2. The number of carbonyl (C=O) groups excluding carboxylic acids is 2. The molecule has 0 bridgehead atoms. The molecular formula is C26H26N4O5. The Kier molecular flexibility index (Phi) is 6.96. The van der Waals surface area contributed by atoms with E-state index in [1.165, 1.54) is 17.0 Å². The van der Waals surface area contributed by atoms with Crippen LogP contribution >= 0.6 is 0 Å². The number of fused-ring (bicyclic) bond motifs is 3. The number of nitrogens with one attached hydrogen (secondary N) is 2. The highest BCUT2D eigenvalue weighted by Crippen LogP contribution is 2.44. The number of aryl methyl sites for hydroxylation is 1. The number of hydrogen-bond donors (Lipinski definition) is 3. The molecular weight excluding hydrogens is 448 g/mol. The van der Waals surface area contributed by atoms with Crippen molar-refractivity contribution in [2.75, 3.05) is 6.61 Å². The van der Waals surface area contributed by atoms with Crippen LogP contribution in [0.3, 0.4) is 0 Å². The van der Waals surface area contributed by atoms with E-state index in [0.717, 1.165) is 22.3 Å². The molecule has 3 N–H and O–H groups in total. The summed E-state index contributed by atoms with van der Waals surface area (Å²) in [7, 11) is 1.56. The van der Waals surface area contributed by atoms with Crippen LogP contribution in [-0.2, 0) is 23.1 Å². The van der Waals surface area contributed by atoms with Gasteiger partial charge in [0.1, 0.15) is 18.3 Å². The molecule has 2 amide bonds. The maximum absolute atomic E-state index is 12.7. The molecule has 0 saturated heterocycles. The Morgan fingerprint density at radius 3 is 2.37 bits per heavy atom. The third-order valence-electron chi connectivity index (χ3n) is 6.00. The molecule has 1 aliphatic rings. The van der Waals surface area contributed by atoms with Gasteiger partial charge in [-0.25, -0.2) is 9.59 Å². The van der Waals surface area contributed by atoms with Crippen molar-refractivity contribution in [3.05, 3.63) is 89.8 Å². The van der Waals surface area contributed by atoms with Gasteiger partial charge in [0.2, 0.25) is 0 Å². The highest BCUT2D eigenvalue weighted by molar-refractivity contribution is 5.96. The first kappa shape index (κ1) is 23.7. The van der Waals surface area contributed by atoms with E-state index in [0.29, 0.717) is 5.56 Å². The van der Waals surface area contributed by atoms with Gasteiger partial charge < -0.3 is 20.5 Å². The van der Waals surface area contributed by atoms with Crippen LogP contribution in [-0.4, -0.2) is 45.5 Å². The number of benzene rings is 2. The fraction of sp³-hybridized carbons (Fsp3) is 0.231. The number of rotatable bonds is 9. The average molecular weight is 475 g/mol. The maximum atomic E-state index is 12.7. The number of carboxylic acid groups (broad SMARTS) is 1. The molecule has 1 aliphatic carbocycles. The number of aliphatic carboxylic acids is 1. The Bertz CT molecular complexity index is 1240. The molecule has 0 fully saturated rings. The van der Waals surface area contributed by atoms with Gasteiger partial charge in [0.15, 0.2) is 0 Å². The number of aromatic nitrogens is 2. The van der Waals surface area contributed by atoms with Crippen LogP contribution in [0.4, 0.5) is 4.79 Å². The van der Waals surface area contributed by atoms with Crippen LogP contribution in [0.25, 0.3) is 11.1 Å². The van der Waals surface area contributed by atoms with Crippen molar-refractivity contribution < 1.29 is 24.2 Å². The van der Waals surface area contributed by atoms with E-state index in [4.69, 9.17) is 4.74 Å². The third-order valence-corrected chi connectivity index (χ3v) is 6.00. The predicted octanol–water partition coefficient (Wildman–Crippen LogP) is 3.22. The summed E-state index contributed by atoms with van der Waals surface area (Å²) in [5.41, 5.74) is 5.08. The quantitative estimate of drug-likeness (QED) is 0.409. The van der Waals surface area contributed by atoms with Crippen molar-refractivity contribution in [3.63, 3.8) is 0 Å². The summed E-state index contributed by atoms with van der Waals surface area (Å²) in [5, 5.41) is 18.5. The van der Waals surface area contributed by atoms with Gasteiger partial charge in [-0.1, -0.05) is 54.6 Å². The molecule has 1 heterocycles. The minimum Gasteiger partial charge on any atom is -0.480 e. The number of nitrogens with zero attached hydrogens (tertiary/aromatic N) is 2. The summed E-state index contributed by atoms with van der Waals surface area (Å²) in [5.74, 6) is -1.84. The number of ether oxygens (including phenoxy) is 1. The smallest absolute Gasteiger partial charge is 0.407 e. The first-order valence-corrected chi connectivity index (χ1v) is 11.1. The molecule has 1 atom stereocenters. The van der Waals surface area contributed by atoms with Crippen molar-refractivity contribution >= 4 is 18.0 Å². The van der Waals surface area contributed by atoms with E-state index >= 15 is 0 Å². The van der Waals surface area contributed by atoms with Gasteiger partial charge in [0.05, 0.1) is 12.7 Å². The lowest BCUT2D eigenvalue weighted by Crippen LogP contribution is -2.41. The zero-order chi connectivity index (χ0) is 24.9. The van der Waals surface area contributed by atoms with E-state index in [1.807, 2.05) is 36.4 Å². The molecule has 35 heavy (non-hydrogen) atoms. The fourth-order valence-electron chi connectivity index (χ4n) is 4.34. The van der Waals surface area contributed by atoms with Crippen molar-refractivity contribution in [1.82, 2.24) is 20.4 Å². The number of carboxylic acids is 1. The summed E-state index contributed by atoms with van der Waals surface area (Å²) in [6.07, 6.45) is 2.31. The largest absolute Gasteiger partial charge is 0.480 e. The summed E-state index contributed by atoms with van der Waals surface area (Å²) >= 11 is 0. The minimum atomic E-state index is -1.17. The summed E-state index contributed by atoms with van der Waals surface area (Å²) in [4.78, 5) is 36.5. The number of alkyl carbamates (subject to hydrolysis) is 1. The van der Waals surface area contributed by atoms with E-state index in [2.05, 4.69) is 34.4 Å². The standard InChI is InChI=1S/C26H26N4O5/c1-3-8-22(25(32)33)29-24(31)23-16(14-28-30(23)2)13-27-26(34)35-15-21-19-11-6-4-9-17(19)18-10-5-7-12-20(18)21/h3-7,9-12,14,21-22H,1,8,13,15H2,2H3,(H,27,34)(H,29,31)(H,32,33). The fourth-order valence-corrected chi connectivity index (χ4v) is 4.34. The molecule has 9 heteroatoms. The highest BCUT2D eigenvalue weighted by atomic mass is 16.5. The Hall–Kier alpha value is -4.40. The van der Waals surface area contributed by atoms with E-state index in [-0.39, 0.29) is 31.2 Å². The van der Waals surface area contributed by atoms with E-state index in [1.54, 1.807) is 7.05 Å². The minimum absolute atomic E-state index is 0.00748. The van der Waals surface area contributed by atoms with Gasteiger partial charge in [-0.2, -0.15) is 5.10 Å². The van der Waals surface area contributed by atoms with Gasteiger partial charge >= 0.3 is 12.1 Å². The monoisotopic (exact) mass is 474 g/mol. The van der Waals surface area contributed by atoms with Crippen LogP contribution in [0, 0.1) is 0 Å². The van der Waals surface area contributed by atoms with Gasteiger partial charge in [-0.15, -0.1) is 6.58 Å². The van der Waals surface area contributed by atoms with Crippen LogP contribution < -0.4 is 10.6 Å². The average Bonchev–Trinajstić information content (AvgIpc) is 3.38. The molecule has 3 aromatic rings. The lowest BCUT2D eigenvalue weighted by atomic mass is 9.98. The van der Waals surface area contributed by atoms with Crippen molar-refractivity contribution in [2.24, 2.45) is 7.05 Å². The van der Waals surface area contributed by atoms with Gasteiger partial charge in [-0.05, 0) is 28.7 Å². The van der Waals surface area contributed by atoms with Crippen molar-refractivity contribution in [2.45, 2.75) is 24.9 Å². The molecule has 1 aromatic heterocycles. The molecule has 2 aromatic carbocycles. The Morgan fingerprint density at radius 1 is 1.14 bits per heavy atom. The van der Waals surface area contributed by atoms with E-state index in [9.17, 15) is 19.5 Å². The number of hydrogen-bond acceptors (Lipinski definition) is 5. The van der Waals surface area contributed by atoms with Crippen molar-refractivity contribution in [1.29, 1.82) is 0 Å². The molecule has 0 saturated carbocycles. The Balaban J connectivity index is 1.39. The second-order valence-corrected chi connectivity index (χ2v) is 8.21. The lowest BCUT2D eigenvalue weighted by Gasteiger charge is -2.15. The Labute approximate surface area is 202 Å². The van der Waals surface area contributed by atoms with Gasteiger partial charge in [0, 0.05) is 18.5 Å². The van der Waals surface area contributed by atoms with Crippen LogP contribution in [0.15, 0.2) is 67.4 Å². The van der Waals surface area contributed by atoms with Crippen LogP contribution in [0.1, 0.15) is 39.5 Å². The first-order chi connectivity index (χ1) is 16.9. The first-order valence-electron chi connectivity index (χ1n) is 11.1. The zero-order valence-corrected chi connectivity index (χ0v) is 19.2. The molecule has 4 rings (SSSR count). The van der Waals surface area contributed by atoms with Gasteiger partial charge in [-0.3, -0.25) is 9.48 Å². The normalized spacial score (nSPS) is 12.8. The molecule has 0 aliphatic heterocycles. The van der Waals surface area contributed by atoms with Gasteiger partial charge in [0.25, 0.3) is 5.91 Å². The predicted molar refractivity (Wildman–Crippen MR) is 129 cm³/mol. The summed E-state index contributed by atoms with van der Waals surface area (Å²) in [6.45, 7) is 3.68. The second-order valence-electron chi connectivity index (χ2n) is 8.21. The SMILES string of the molecule is C=CCC(NC(=O)c1c(CNC(=O)OCC2c3ccccc3-c3ccccc32)cnn1C)C(=O)O. The molecule has 1 unspecified atom stereocenters. The van der Waals surface area contributed by atoms with Crippen molar-refractivity contribution in [3.8, 4) is 11.1 Å².